The van der Waals surface area contributed by atoms with E-state index >= 15 is 0 Å². The van der Waals surface area contributed by atoms with Crippen molar-refractivity contribution in [2.45, 2.75) is 32.4 Å². The van der Waals surface area contributed by atoms with Gasteiger partial charge in [-0.15, -0.1) is 0 Å². The SMILES string of the molecule is COc1ccc2[nH]c3c(c2c1)CCN1C(=O)CN(Cc2ccc(C)cc2)C(=O)[C@]31C. The van der Waals surface area contributed by atoms with E-state index in [4.69, 9.17) is 4.74 Å². The minimum atomic E-state index is -1.03. The number of aryl methyl sites for hydroxylation is 1. The molecule has 6 heteroatoms. The zero-order valence-corrected chi connectivity index (χ0v) is 17.5. The van der Waals surface area contributed by atoms with Crippen molar-refractivity contribution in [3.8, 4) is 5.75 Å². The Hall–Kier alpha value is -3.28. The van der Waals surface area contributed by atoms with Crippen molar-refractivity contribution in [1.82, 2.24) is 14.8 Å². The van der Waals surface area contributed by atoms with Gasteiger partial charge in [-0.3, -0.25) is 9.59 Å². The molecule has 1 atom stereocenters. The fraction of sp³-hybridized carbons (Fsp3) is 0.333. The van der Waals surface area contributed by atoms with E-state index in [0.717, 1.165) is 39.9 Å². The Morgan fingerprint density at radius 1 is 1.13 bits per heavy atom. The van der Waals surface area contributed by atoms with Crippen LogP contribution < -0.4 is 4.74 Å². The Balaban J connectivity index is 1.58. The summed E-state index contributed by atoms with van der Waals surface area (Å²) < 4.78 is 5.39. The maximum Gasteiger partial charge on any atom is 0.255 e. The normalized spacial score (nSPS) is 21.0. The van der Waals surface area contributed by atoms with E-state index in [0.29, 0.717) is 13.1 Å². The van der Waals surface area contributed by atoms with Crippen LogP contribution in [0.2, 0.25) is 0 Å². The van der Waals surface area contributed by atoms with Gasteiger partial charge < -0.3 is 19.5 Å². The number of nitrogens with zero attached hydrogens (tertiary/aromatic N) is 2. The highest BCUT2D eigenvalue weighted by molar-refractivity contribution is 6.00. The van der Waals surface area contributed by atoms with Crippen molar-refractivity contribution < 1.29 is 14.3 Å². The van der Waals surface area contributed by atoms with Crippen LogP contribution >= 0.6 is 0 Å². The molecule has 0 bridgehead atoms. The average Bonchev–Trinajstić information content (AvgIpc) is 3.12. The van der Waals surface area contributed by atoms with Crippen molar-refractivity contribution in [2.75, 3.05) is 20.2 Å². The van der Waals surface area contributed by atoms with Gasteiger partial charge in [-0.2, -0.15) is 0 Å². The van der Waals surface area contributed by atoms with Crippen LogP contribution in [0, 0.1) is 6.92 Å². The molecular weight excluding hydrogens is 378 g/mol. The zero-order valence-electron chi connectivity index (χ0n) is 17.5. The zero-order chi connectivity index (χ0) is 21.0. The van der Waals surface area contributed by atoms with Crippen LogP contribution in [0.25, 0.3) is 10.9 Å². The van der Waals surface area contributed by atoms with Crippen LogP contribution in [0.4, 0.5) is 0 Å². The van der Waals surface area contributed by atoms with Crippen LogP contribution in [0.5, 0.6) is 5.75 Å². The minimum absolute atomic E-state index is 0.00824. The third-order valence-electron chi connectivity index (χ3n) is 6.55. The molecule has 2 aromatic carbocycles. The fourth-order valence-electron chi connectivity index (χ4n) is 4.88. The molecule has 0 radical (unpaired) electrons. The lowest BCUT2D eigenvalue weighted by molar-refractivity contribution is -0.166. The molecule has 5 rings (SSSR count). The number of H-pyrrole nitrogens is 1. The van der Waals surface area contributed by atoms with Gasteiger partial charge in [0.25, 0.3) is 5.91 Å². The van der Waals surface area contributed by atoms with Gasteiger partial charge >= 0.3 is 0 Å². The molecule has 1 fully saturated rings. The summed E-state index contributed by atoms with van der Waals surface area (Å²) in [6.07, 6.45) is 0.717. The van der Waals surface area contributed by atoms with Gasteiger partial charge in [-0.1, -0.05) is 29.8 Å². The summed E-state index contributed by atoms with van der Waals surface area (Å²) in [5, 5.41) is 1.06. The lowest BCUT2D eigenvalue weighted by Gasteiger charge is -2.49. The molecule has 2 aliphatic heterocycles. The summed E-state index contributed by atoms with van der Waals surface area (Å²) in [7, 11) is 1.65. The van der Waals surface area contributed by atoms with Gasteiger partial charge in [-0.05, 0) is 49.6 Å². The number of amides is 2. The van der Waals surface area contributed by atoms with Crippen molar-refractivity contribution in [3.05, 3.63) is 64.8 Å². The molecule has 154 valence electrons. The molecule has 2 aliphatic rings. The Kier molecular flexibility index (Phi) is 4.13. The van der Waals surface area contributed by atoms with Crippen molar-refractivity contribution in [2.24, 2.45) is 0 Å². The van der Waals surface area contributed by atoms with E-state index in [1.54, 1.807) is 16.9 Å². The Morgan fingerprint density at radius 3 is 2.63 bits per heavy atom. The summed E-state index contributed by atoms with van der Waals surface area (Å²) in [6.45, 7) is 4.99. The number of nitrogens with one attached hydrogen (secondary N) is 1. The van der Waals surface area contributed by atoms with Crippen molar-refractivity contribution >= 4 is 22.7 Å². The first-order valence-electron chi connectivity index (χ1n) is 10.3. The summed E-state index contributed by atoms with van der Waals surface area (Å²) in [5.41, 5.74) is 4.05. The molecule has 2 amide bonds. The second kappa shape index (κ2) is 6.62. The van der Waals surface area contributed by atoms with Crippen LogP contribution in [-0.2, 0) is 28.1 Å². The molecule has 6 nitrogen and oxygen atoms in total. The number of hydrogen-bond acceptors (Lipinski definition) is 3. The largest absolute Gasteiger partial charge is 0.497 e. The van der Waals surface area contributed by atoms with Gasteiger partial charge in [0.05, 0.1) is 12.8 Å². The minimum Gasteiger partial charge on any atom is -0.497 e. The number of aromatic nitrogens is 1. The molecule has 0 unspecified atom stereocenters. The molecular formula is C24H25N3O3. The molecule has 3 aromatic rings. The van der Waals surface area contributed by atoms with Crippen molar-refractivity contribution in [3.63, 3.8) is 0 Å². The monoisotopic (exact) mass is 403 g/mol. The van der Waals surface area contributed by atoms with Gasteiger partial charge in [0.1, 0.15) is 12.3 Å². The van der Waals surface area contributed by atoms with E-state index in [1.807, 2.05) is 56.3 Å². The number of rotatable bonds is 3. The third-order valence-corrected chi connectivity index (χ3v) is 6.55. The number of ether oxygens (including phenoxy) is 1. The average molecular weight is 403 g/mol. The van der Waals surface area contributed by atoms with Crippen LogP contribution in [0.1, 0.15) is 29.3 Å². The van der Waals surface area contributed by atoms with E-state index in [-0.39, 0.29) is 18.4 Å². The van der Waals surface area contributed by atoms with E-state index < -0.39 is 5.54 Å². The fourth-order valence-corrected chi connectivity index (χ4v) is 4.88. The number of fused-ring (bicyclic) bond motifs is 5. The van der Waals surface area contributed by atoms with Gasteiger partial charge in [-0.25, -0.2) is 0 Å². The van der Waals surface area contributed by atoms with Gasteiger partial charge in [0.15, 0.2) is 5.54 Å². The molecule has 1 N–H and O–H groups in total. The maximum absolute atomic E-state index is 13.7. The quantitative estimate of drug-likeness (QED) is 0.731. The first kappa shape index (κ1) is 18.7. The highest BCUT2D eigenvalue weighted by Gasteiger charge is 2.54. The number of piperazine rings is 1. The van der Waals surface area contributed by atoms with E-state index in [2.05, 4.69) is 4.98 Å². The smallest absolute Gasteiger partial charge is 0.255 e. The summed E-state index contributed by atoms with van der Waals surface area (Å²) in [6, 6.07) is 14.0. The Bertz CT molecular complexity index is 1160. The van der Waals surface area contributed by atoms with Crippen LogP contribution in [0.3, 0.4) is 0 Å². The molecule has 0 aliphatic carbocycles. The Labute approximate surface area is 175 Å². The van der Waals surface area contributed by atoms with Crippen LogP contribution in [0.15, 0.2) is 42.5 Å². The van der Waals surface area contributed by atoms with E-state index in [9.17, 15) is 9.59 Å². The number of methoxy groups -OCH3 is 1. The molecule has 1 aromatic heterocycles. The second-order valence-corrected chi connectivity index (χ2v) is 8.40. The van der Waals surface area contributed by atoms with Gasteiger partial charge in [0.2, 0.25) is 5.91 Å². The predicted molar refractivity (Wildman–Crippen MR) is 114 cm³/mol. The summed E-state index contributed by atoms with van der Waals surface area (Å²) in [4.78, 5) is 33.7. The lowest BCUT2D eigenvalue weighted by atomic mass is 9.83. The standard InChI is InChI=1S/C24H25N3O3/c1-15-4-6-16(7-5-15)13-26-14-21(28)27-11-10-18-19-12-17(30-3)8-9-20(19)25-22(18)24(27,2)23(26)29/h4-9,12,25H,10-11,13-14H2,1-3H3/t24-/m0/s1. The van der Waals surface area contributed by atoms with Gasteiger partial charge in [0, 0.05) is 24.0 Å². The topological polar surface area (TPSA) is 65.6 Å². The molecule has 0 spiro atoms. The lowest BCUT2D eigenvalue weighted by Crippen LogP contribution is -2.66. The second-order valence-electron chi connectivity index (χ2n) is 8.40. The first-order chi connectivity index (χ1) is 14.4. The summed E-state index contributed by atoms with van der Waals surface area (Å²) in [5.74, 6) is 0.733. The number of carbonyl (C=O) groups is 2. The van der Waals surface area contributed by atoms with Crippen LogP contribution in [-0.4, -0.2) is 46.8 Å². The molecule has 1 saturated heterocycles. The maximum atomic E-state index is 13.7. The number of carbonyl (C=O) groups excluding carboxylic acids is 2. The van der Waals surface area contributed by atoms with E-state index in [1.165, 1.54) is 5.56 Å². The predicted octanol–water partition coefficient (Wildman–Crippen LogP) is 3.13. The number of aromatic amines is 1. The van der Waals surface area contributed by atoms with Crippen molar-refractivity contribution in [1.29, 1.82) is 0 Å². The Morgan fingerprint density at radius 2 is 1.90 bits per heavy atom. The molecule has 3 heterocycles. The first-order valence-corrected chi connectivity index (χ1v) is 10.3. The summed E-state index contributed by atoms with van der Waals surface area (Å²) >= 11 is 0. The molecule has 30 heavy (non-hydrogen) atoms. The highest BCUT2D eigenvalue weighted by Crippen LogP contribution is 2.42. The number of benzene rings is 2. The molecule has 0 saturated carbocycles. The number of hydrogen-bond donors (Lipinski definition) is 1. The third kappa shape index (κ3) is 2.63. The highest BCUT2D eigenvalue weighted by atomic mass is 16.5.